The molecule has 0 saturated heterocycles. The maximum atomic E-state index is 2.21. The molecule has 0 spiro atoms. The Bertz CT molecular complexity index is 748. The van der Waals surface area contributed by atoms with E-state index in [0.29, 0.717) is 0 Å². The van der Waals surface area contributed by atoms with Crippen molar-refractivity contribution < 1.29 is 0 Å². The quantitative estimate of drug-likeness (QED) is 0.323. The molecule has 0 bridgehead atoms. The van der Waals surface area contributed by atoms with Gasteiger partial charge in [-0.3, -0.25) is 0 Å². The Labute approximate surface area is 159 Å². The maximum Gasteiger partial charge on any atom is -0.00268 e. The van der Waals surface area contributed by atoms with Gasteiger partial charge in [0.2, 0.25) is 0 Å². The van der Waals surface area contributed by atoms with Crippen molar-refractivity contribution in [3.8, 4) is 0 Å². The Morgan fingerprint density at radius 2 is 0.692 bits per heavy atom. The molecule has 0 fully saturated rings. The summed E-state index contributed by atoms with van der Waals surface area (Å²) in [5, 5.41) is 8.14. The fourth-order valence-corrected chi connectivity index (χ4v) is 3.38. The van der Waals surface area contributed by atoms with Gasteiger partial charge < -0.3 is 0 Å². The van der Waals surface area contributed by atoms with Gasteiger partial charge >= 0.3 is 0 Å². The predicted molar refractivity (Wildman–Crippen MR) is 121 cm³/mol. The van der Waals surface area contributed by atoms with Crippen molar-refractivity contribution in [2.75, 3.05) is 0 Å². The molecule has 0 heteroatoms. The van der Waals surface area contributed by atoms with Crippen molar-refractivity contribution in [2.24, 2.45) is 0 Å². The zero-order chi connectivity index (χ0) is 18.8. The minimum absolute atomic E-state index is 1.34. The van der Waals surface area contributed by atoms with Crippen LogP contribution in [0.15, 0.2) is 60.7 Å². The molecule has 4 aromatic rings. The summed E-state index contributed by atoms with van der Waals surface area (Å²) in [6.45, 7) is 8.85. The lowest BCUT2D eigenvalue weighted by molar-refractivity contribution is 0.772. The van der Waals surface area contributed by atoms with Gasteiger partial charge in [-0.25, -0.2) is 0 Å². The fraction of sp³-hybridized carbons (Fsp3) is 0.385. The SMILES string of the molecule is CCCCC.CCCCC.c1cc2ccc3cccc4ccc(c1)c2c34. The molecule has 4 rings (SSSR count). The molecule has 4 aromatic carbocycles. The van der Waals surface area contributed by atoms with Crippen LogP contribution in [0, 0.1) is 0 Å². The highest BCUT2D eigenvalue weighted by atomic mass is 14.1. The molecule has 0 nitrogen and oxygen atoms in total. The van der Waals surface area contributed by atoms with Crippen molar-refractivity contribution in [1.82, 2.24) is 0 Å². The lowest BCUT2D eigenvalue weighted by Gasteiger charge is -2.09. The molecule has 0 radical (unpaired) electrons. The van der Waals surface area contributed by atoms with Crippen molar-refractivity contribution in [3.63, 3.8) is 0 Å². The molecule has 0 saturated carbocycles. The van der Waals surface area contributed by atoms with Gasteiger partial charge in [-0.05, 0) is 32.3 Å². The van der Waals surface area contributed by atoms with Crippen LogP contribution in [0.1, 0.15) is 66.2 Å². The molecule has 26 heavy (non-hydrogen) atoms. The van der Waals surface area contributed by atoms with Crippen LogP contribution in [0.2, 0.25) is 0 Å². The molecule has 0 atom stereocenters. The second-order valence-corrected chi connectivity index (χ2v) is 7.00. The smallest absolute Gasteiger partial charge is 0.00268 e. The Balaban J connectivity index is 0.000000205. The van der Waals surface area contributed by atoms with Gasteiger partial charge in [-0.1, -0.05) is 127 Å². The first-order chi connectivity index (χ1) is 12.8. The van der Waals surface area contributed by atoms with Gasteiger partial charge in [-0.15, -0.1) is 0 Å². The van der Waals surface area contributed by atoms with Crippen LogP contribution in [0.5, 0.6) is 0 Å². The third-order valence-corrected chi connectivity index (χ3v) is 4.81. The summed E-state index contributed by atoms with van der Waals surface area (Å²) in [5.41, 5.74) is 0. The lowest BCUT2D eigenvalue weighted by atomic mass is 9.95. The summed E-state index contributed by atoms with van der Waals surface area (Å²) in [4.78, 5) is 0. The molecule has 0 unspecified atom stereocenters. The first-order valence-electron chi connectivity index (χ1n) is 10.4. The summed E-state index contributed by atoms with van der Waals surface area (Å²) >= 11 is 0. The maximum absolute atomic E-state index is 2.21. The van der Waals surface area contributed by atoms with Crippen molar-refractivity contribution in [3.05, 3.63) is 60.7 Å². The van der Waals surface area contributed by atoms with E-state index in [-0.39, 0.29) is 0 Å². The average Bonchev–Trinajstić information content (AvgIpc) is 2.69. The van der Waals surface area contributed by atoms with Gasteiger partial charge in [0, 0.05) is 0 Å². The number of unbranched alkanes of at least 4 members (excludes halogenated alkanes) is 4. The molecule has 138 valence electrons. The molecule has 0 aliphatic heterocycles. The molecular formula is C26H34. The topological polar surface area (TPSA) is 0 Å². The Morgan fingerprint density at radius 3 is 0.885 bits per heavy atom. The summed E-state index contributed by atoms with van der Waals surface area (Å²) in [7, 11) is 0. The second-order valence-electron chi connectivity index (χ2n) is 7.00. The summed E-state index contributed by atoms with van der Waals surface area (Å²) < 4.78 is 0. The van der Waals surface area contributed by atoms with E-state index >= 15 is 0 Å². The van der Waals surface area contributed by atoms with Gasteiger partial charge in [-0.2, -0.15) is 0 Å². The van der Waals surface area contributed by atoms with Crippen molar-refractivity contribution >= 4 is 32.3 Å². The van der Waals surface area contributed by atoms with Crippen LogP contribution in [-0.2, 0) is 0 Å². The number of rotatable bonds is 4. The normalized spacial score (nSPS) is 10.5. The monoisotopic (exact) mass is 346 g/mol. The summed E-state index contributed by atoms with van der Waals surface area (Å²) in [6.07, 6.45) is 8.15. The molecule has 0 heterocycles. The predicted octanol–water partition coefficient (Wildman–Crippen LogP) is 8.98. The molecular weight excluding hydrogens is 312 g/mol. The fourth-order valence-electron chi connectivity index (χ4n) is 3.38. The lowest BCUT2D eigenvalue weighted by Crippen LogP contribution is -1.82. The zero-order valence-corrected chi connectivity index (χ0v) is 17.0. The van der Waals surface area contributed by atoms with Gasteiger partial charge in [0.1, 0.15) is 0 Å². The third-order valence-electron chi connectivity index (χ3n) is 4.81. The van der Waals surface area contributed by atoms with E-state index in [2.05, 4.69) is 88.4 Å². The van der Waals surface area contributed by atoms with E-state index in [0.717, 1.165) is 0 Å². The van der Waals surface area contributed by atoms with Crippen LogP contribution < -0.4 is 0 Å². The van der Waals surface area contributed by atoms with Crippen LogP contribution in [-0.4, -0.2) is 0 Å². The molecule has 0 aliphatic rings. The highest BCUT2D eigenvalue weighted by Gasteiger charge is 2.05. The summed E-state index contributed by atoms with van der Waals surface area (Å²) in [6, 6.07) is 21.9. The molecule has 0 N–H and O–H groups in total. The minimum Gasteiger partial charge on any atom is -0.0654 e. The minimum atomic E-state index is 1.34. The Kier molecular flexibility index (Phi) is 8.41. The first kappa shape index (κ1) is 20.2. The Morgan fingerprint density at radius 1 is 0.423 bits per heavy atom. The second kappa shape index (κ2) is 10.8. The Hall–Kier alpha value is -2.08. The molecule has 0 amide bonds. The number of benzene rings is 4. The first-order valence-corrected chi connectivity index (χ1v) is 10.4. The van der Waals surface area contributed by atoms with Gasteiger partial charge in [0.25, 0.3) is 0 Å². The standard InChI is InChI=1S/C16H10.2C5H12/c1-3-11-7-9-13-5-2-6-14-10-8-12(4-1)15(11)16(13)14;2*1-3-5-4-2/h1-10H;2*3-5H2,1-2H3. The van der Waals surface area contributed by atoms with Crippen LogP contribution >= 0.6 is 0 Å². The molecule has 0 aromatic heterocycles. The van der Waals surface area contributed by atoms with Gasteiger partial charge in [0.15, 0.2) is 0 Å². The van der Waals surface area contributed by atoms with E-state index in [4.69, 9.17) is 0 Å². The van der Waals surface area contributed by atoms with E-state index in [1.165, 1.54) is 70.8 Å². The van der Waals surface area contributed by atoms with Crippen molar-refractivity contribution in [2.45, 2.75) is 66.2 Å². The van der Waals surface area contributed by atoms with E-state index in [1.807, 2.05) is 0 Å². The van der Waals surface area contributed by atoms with Crippen molar-refractivity contribution in [1.29, 1.82) is 0 Å². The zero-order valence-electron chi connectivity index (χ0n) is 17.0. The van der Waals surface area contributed by atoms with Crippen LogP contribution in [0.4, 0.5) is 0 Å². The number of hydrogen-bond acceptors (Lipinski definition) is 0. The highest BCUT2D eigenvalue weighted by molar-refractivity contribution is 6.22. The van der Waals surface area contributed by atoms with Crippen LogP contribution in [0.25, 0.3) is 32.3 Å². The summed E-state index contributed by atoms with van der Waals surface area (Å²) in [5.74, 6) is 0. The van der Waals surface area contributed by atoms with E-state index in [9.17, 15) is 0 Å². The highest BCUT2D eigenvalue weighted by Crippen LogP contribution is 2.33. The van der Waals surface area contributed by atoms with Gasteiger partial charge in [0.05, 0.1) is 0 Å². The van der Waals surface area contributed by atoms with E-state index in [1.54, 1.807) is 0 Å². The average molecular weight is 347 g/mol. The number of hydrogen-bond donors (Lipinski definition) is 0. The van der Waals surface area contributed by atoms with Crippen LogP contribution in [0.3, 0.4) is 0 Å². The third kappa shape index (κ3) is 4.97. The molecule has 0 aliphatic carbocycles. The van der Waals surface area contributed by atoms with E-state index < -0.39 is 0 Å². The largest absolute Gasteiger partial charge is 0.0654 e.